The highest BCUT2D eigenvalue weighted by Gasteiger charge is 2.11. The fourth-order valence-corrected chi connectivity index (χ4v) is 2.47. The van der Waals surface area contributed by atoms with Gasteiger partial charge >= 0.3 is 0 Å². The molecule has 0 saturated carbocycles. The van der Waals surface area contributed by atoms with Crippen molar-refractivity contribution in [2.45, 2.75) is 74.1 Å². The van der Waals surface area contributed by atoms with Gasteiger partial charge < -0.3 is 4.74 Å². The van der Waals surface area contributed by atoms with E-state index in [0.717, 1.165) is 32.0 Å². The van der Waals surface area contributed by atoms with Crippen LogP contribution in [0.1, 0.15) is 71.7 Å². The van der Waals surface area contributed by atoms with Crippen LogP contribution in [0.15, 0.2) is 36.2 Å². The van der Waals surface area contributed by atoms with Crippen LogP contribution in [-0.2, 0) is 17.6 Å². The van der Waals surface area contributed by atoms with Gasteiger partial charge in [0, 0.05) is 36.7 Å². The third kappa shape index (κ3) is 15.0. The SMILES string of the molecule is CC.CC.CCC1CCOC1.CCc1cccnc1.CCc1cncs1. The summed E-state index contributed by atoms with van der Waals surface area (Å²) in [5, 5.41) is 0. The molecular weight excluding hydrogens is 340 g/mol. The third-order valence-corrected chi connectivity index (χ3v) is 4.49. The molecule has 0 amide bonds. The van der Waals surface area contributed by atoms with Crippen LogP contribution in [0.25, 0.3) is 0 Å². The highest BCUT2D eigenvalue weighted by Crippen LogP contribution is 2.14. The van der Waals surface area contributed by atoms with Crippen LogP contribution < -0.4 is 0 Å². The van der Waals surface area contributed by atoms with Gasteiger partial charge in [0.05, 0.1) is 5.51 Å². The molecule has 1 fully saturated rings. The normalized spacial score (nSPS) is 14.2. The molecule has 1 aliphatic rings. The van der Waals surface area contributed by atoms with E-state index in [1.165, 1.54) is 23.3 Å². The van der Waals surface area contributed by atoms with Gasteiger partial charge in [0.15, 0.2) is 0 Å². The summed E-state index contributed by atoms with van der Waals surface area (Å²) in [6.45, 7) is 16.5. The Balaban J connectivity index is 0. The standard InChI is InChI=1S/C7H9N.C6H12O.C5H7NS.2C2H6/c1-2-7-4-3-5-8-6-7;1-2-6-3-4-7-5-6;1-2-5-3-6-4-7-5;2*1-2/h3-6H,2H2,1H3;6H,2-5H2,1H3;3-4H,2H2,1H3;2*1-2H3. The first-order valence-electron chi connectivity index (χ1n) is 10.1. The van der Waals surface area contributed by atoms with Crippen molar-refractivity contribution in [3.63, 3.8) is 0 Å². The van der Waals surface area contributed by atoms with Crippen LogP contribution in [0.4, 0.5) is 0 Å². The summed E-state index contributed by atoms with van der Waals surface area (Å²) in [5.41, 5.74) is 3.16. The van der Waals surface area contributed by atoms with Crippen molar-refractivity contribution in [3.8, 4) is 0 Å². The molecule has 0 bridgehead atoms. The highest BCUT2D eigenvalue weighted by molar-refractivity contribution is 7.09. The average Bonchev–Trinajstić information content (AvgIpc) is 3.46. The van der Waals surface area contributed by atoms with Gasteiger partial charge in [-0.05, 0) is 36.8 Å². The van der Waals surface area contributed by atoms with Gasteiger partial charge in [0.25, 0.3) is 0 Å². The van der Waals surface area contributed by atoms with Gasteiger partial charge in [-0.15, -0.1) is 11.3 Å². The van der Waals surface area contributed by atoms with Crippen LogP contribution in [0.3, 0.4) is 0 Å². The number of nitrogens with zero attached hydrogens (tertiary/aromatic N) is 2. The van der Waals surface area contributed by atoms with Crippen LogP contribution in [0, 0.1) is 5.92 Å². The Morgan fingerprint density at radius 1 is 1.04 bits per heavy atom. The predicted octanol–water partition coefficient (Wildman–Crippen LogP) is 6.83. The molecule has 26 heavy (non-hydrogen) atoms. The van der Waals surface area contributed by atoms with Crippen molar-refractivity contribution in [3.05, 3.63) is 46.7 Å². The maximum Gasteiger partial charge on any atom is 0.0794 e. The number of hydrogen-bond donors (Lipinski definition) is 0. The minimum absolute atomic E-state index is 0.875. The number of hydrogen-bond acceptors (Lipinski definition) is 4. The molecule has 3 nitrogen and oxygen atoms in total. The van der Waals surface area contributed by atoms with Crippen molar-refractivity contribution in [1.29, 1.82) is 0 Å². The Bertz CT molecular complexity index is 454. The molecule has 0 radical (unpaired) electrons. The first-order valence-corrected chi connectivity index (χ1v) is 11.0. The van der Waals surface area contributed by atoms with Crippen LogP contribution >= 0.6 is 11.3 Å². The van der Waals surface area contributed by atoms with Crippen LogP contribution in [0.5, 0.6) is 0 Å². The molecule has 4 heteroatoms. The number of aromatic nitrogens is 2. The summed E-state index contributed by atoms with van der Waals surface area (Å²) in [5.74, 6) is 0.875. The summed E-state index contributed by atoms with van der Waals surface area (Å²) >= 11 is 1.71. The molecule has 0 N–H and O–H groups in total. The molecule has 0 aromatic carbocycles. The number of aryl methyl sites for hydroxylation is 2. The molecule has 3 heterocycles. The lowest BCUT2D eigenvalue weighted by Crippen LogP contribution is -1.94. The average molecular weight is 381 g/mol. The Morgan fingerprint density at radius 3 is 2.04 bits per heavy atom. The molecule has 0 spiro atoms. The maximum absolute atomic E-state index is 5.15. The van der Waals surface area contributed by atoms with E-state index < -0.39 is 0 Å². The Kier molecular flexibility index (Phi) is 22.6. The molecule has 1 aliphatic heterocycles. The largest absolute Gasteiger partial charge is 0.381 e. The van der Waals surface area contributed by atoms with Crippen LogP contribution in [0.2, 0.25) is 0 Å². The second-order valence-corrected chi connectivity index (χ2v) is 6.14. The van der Waals surface area contributed by atoms with Gasteiger partial charge in [-0.3, -0.25) is 9.97 Å². The van der Waals surface area contributed by atoms with Crippen molar-refractivity contribution in [2.24, 2.45) is 5.92 Å². The summed E-state index contributed by atoms with van der Waals surface area (Å²) in [6, 6.07) is 4.03. The molecular formula is C22H40N2OS. The summed E-state index contributed by atoms with van der Waals surface area (Å²) in [4.78, 5) is 9.23. The predicted molar refractivity (Wildman–Crippen MR) is 117 cm³/mol. The molecule has 1 saturated heterocycles. The minimum atomic E-state index is 0.875. The van der Waals surface area contributed by atoms with Gasteiger partial charge in [-0.25, -0.2) is 0 Å². The minimum Gasteiger partial charge on any atom is -0.381 e. The number of pyridine rings is 1. The maximum atomic E-state index is 5.15. The monoisotopic (exact) mass is 380 g/mol. The number of ether oxygens (including phenoxy) is 1. The van der Waals surface area contributed by atoms with E-state index in [1.54, 1.807) is 17.5 Å². The summed E-state index contributed by atoms with van der Waals surface area (Å²) < 4.78 is 5.15. The molecule has 1 atom stereocenters. The third-order valence-electron chi connectivity index (χ3n) is 3.56. The number of thiazole rings is 1. The zero-order valence-electron chi connectivity index (χ0n) is 18.0. The molecule has 3 rings (SSSR count). The summed E-state index contributed by atoms with van der Waals surface area (Å²) in [7, 11) is 0. The van der Waals surface area contributed by atoms with Crippen LogP contribution in [-0.4, -0.2) is 23.2 Å². The second-order valence-electron chi connectivity index (χ2n) is 5.17. The van der Waals surface area contributed by atoms with E-state index in [9.17, 15) is 0 Å². The van der Waals surface area contributed by atoms with Gasteiger partial charge in [-0.2, -0.15) is 0 Å². The molecule has 2 aromatic rings. The molecule has 1 unspecified atom stereocenters. The molecule has 2 aromatic heterocycles. The Morgan fingerprint density at radius 2 is 1.77 bits per heavy atom. The highest BCUT2D eigenvalue weighted by atomic mass is 32.1. The number of rotatable bonds is 3. The van der Waals surface area contributed by atoms with E-state index >= 15 is 0 Å². The zero-order chi connectivity index (χ0) is 20.0. The van der Waals surface area contributed by atoms with Crippen molar-refractivity contribution in [1.82, 2.24) is 9.97 Å². The molecule has 0 aliphatic carbocycles. The van der Waals surface area contributed by atoms with E-state index in [-0.39, 0.29) is 0 Å². The molecule has 150 valence electrons. The first kappa shape index (κ1) is 27.0. The zero-order valence-corrected chi connectivity index (χ0v) is 18.8. The lowest BCUT2D eigenvalue weighted by atomic mass is 10.1. The van der Waals surface area contributed by atoms with E-state index in [0.29, 0.717) is 0 Å². The van der Waals surface area contributed by atoms with Gasteiger partial charge in [0.1, 0.15) is 0 Å². The van der Waals surface area contributed by atoms with E-state index in [4.69, 9.17) is 4.74 Å². The quantitative estimate of drug-likeness (QED) is 0.585. The van der Waals surface area contributed by atoms with Crippen molar-refractivity contribution in [2.75, 3.05) is 13.2 Å². The Labute approximate surface area is 166 Å². The first-order chi connectivity index (χ1) is 12.8. The summed E-state index contributed by atoms with van der Waals surface area (Å²) in [6.07, 6.45) is 10.4. The second kappa shape index (κ2) is 21.8. The lowest BCUT2D eigenvalue weighted by Gasteiger charge is -1.97. The van der Waals surface area contributed by atoms with Crippen molar-refractivity contribution < 1.29 is 4.74 Å². The fraction of sp³-hybridized carbons (Fsp3) is 0.636. The van der Waals surface area contributed by atoms with E-state index in [1.807, 2.05) is 51.7 Å². The van der Waals surface area contributed by atoms with Gasteiger partial charge in [-0.1, -0.05) is 61.0 Å². The smallest absolute Gasteiger partial charge is 0.0794 e. The topological polar surface area (TPSA) is 35.0 Å². The lowest BCUT2D eigenvalue weighted by molar-refractivity contribution is 0.185. The fourth-order valence-electron chi connectivity index (χ4n) is 1.93. The van der Waals surface area contributed by atoms with Crippen molar-refractivity contribution >= 4 is 11.3 Å². The van der Waals surface area contributed by atoms with Gasteiger partial charge in [0.2, 0.25) is 0 Å². The Hall–Kier alpha value is -1.26. The van der Waals surface area contributed by atoms with E-state index in [2.05, 4.69) is 36.8 Å².